The Balaban J connectivity index is 4.37. The van der Waals surface area contributed by atoms with Gasteiger partial charge in [0.2, 0.25) is 17.7 Å². The molecule has 0 aliphatic rings. The first-order valence-electron chi connectivity index (χ1n) is 28.5. The predicted molar refractivity (Wildman–Crippen MR) is 284 cm³/mol. The van der Waals surface area contributed by atoms with E-state index in [9.17, 15) is 14.4 Å². The largest absolute Gasteiger partial charge is 0.355 e. The Morgan fingerprint density at radius 3 is 0.815 bits per heavy atom. The van der Waals surface area contributed by atoms with Crippen molar-refractivity contribution in [3.05, 3.63) is 36.5 Å². The van der Waals surface area contributed by atoms with Crippen molar-refractivity contribution in [3.8, 4) is 0 Å². The van der Waals surface area contributed by atoms with E-state index in [1.165, 1.54) is 199 Å². The minimum Gasteiger partial charge on any atom is -0.355 e. The van der Waals surface area contributed by atoms with Crippen LogP contribution in [0.25, 0.3) is 0 Å². The molecule has 0 saturated heterocycles. The monoisotopic (exact) mass is 911 g/mol. The maximum Gasteiger partial charge on any atom is 0.220 e. The molecule has 0 aromatic rings. The van der Waals surface area contributed by atoms with E-state index >= 15 is 0 Å². The van der Waals surface area contributed by atoms with Gasteiger partial charge in [-0.25, -0.2) is 0 Å². The number of nitrogens with one attached hydrogen (secondary N) is 3. The second kappa shape index (κ2) is 54.2. The Hall–Kier alpha value is -2.41. The first kappa shape index (κ1) is 62.6. The molecule has 0 aliphatic carbocycles. The highest BCUT2D eigenvalue weighted by molar-refractivity contribution is 5.76. The lowest BCUT2D eigenvalue weighted by atomic mass is 10.1. The van der Waals surface area contributed by atoms with Gasteiger partial charge in [0, 0.05) is 32.4 Å². The van der Waals surface area contributed by atoms with Crippen molar-refractivity contribution in [1.82, 2.24) is 20.9 Å². The maximum atomic E-state index is 12.8. The van der Waals surface area contributed by atoms with Crippen molar-refractivity contribution in [2.45, 2.75) is 290 Å². The normalized spacial score (nSPS) is 11.8. The van der Waals surface area contributed by atoms with Gasteiger partial charge in [-0.15, -0.1) is 0 Å². The smallest absolute Gasteiger partial charge is 0.220 e. The predicted octanol–water partition coefficient (Wildman–Crippen LogP) is 16.7. The van der Waals surface area contributed by atoms with E-state index in [2.05, 4.69) is 73.2 Å². The van der Waals surface area contributed by atoms with E-state index in [4.69, 9.17) is 0 Å². The first-order chi connectivity index (χ1) is 32.0. The highest BCUT2D eigenvalue weighted by Crippen LogP contribution is 2.13. The Bertz CT molecular complexity index is 1050. The van der Waals surface area contributed by atoms with Crippen LogP contribution in [0, 0.1) is 0 Å². The lowest BCUT2D eigenvalue weighted by Gasteiger charge is -2.23. The molecule has 0 atom stereocenters. The fourth-order valence-corrected chi connectivity index (χ4v) is 8.30. The van der Waals surface area contributed by atoms with Gasteiger partial charge in [-0.2, -0.15) is 0 Å². The lowest BCUT2D eigenvalue weighted by molar-refractivity contribution is -0.123. The molecule has 0 saturated carbocycles. The number of amides is 3. The third kappa shape index (κ3) is 52.4. The van der Waals surface area contributed by atoms with Gasteiger partial charge in [-0.3, -0.25) is 19.3 Å². The minimum atomic E-state index is 0.0560. The molecule has 7 heteroatoms. The molecule has 7 nitrogen and oxygen atoms in total. The van der Waals surface area contributed by atoms with Crippen molar-refractivity contribution in [3.63, 3.8) is 0 Å². The molecule has 0 aliphatic heterocycles. The van der Waals surface area contributed by atoms with E-state index in [0.717, 1.165) is 51.4 Å². The van der Waals surface area contributed by atoms with Crippen LogP contribution < -0.4 is 16.0 Å². The van der Waals surface area contributed by atoms with Crippen LogP contribution in [-0.4, -0.2) is 49.0 Å². The van der Waals surface area contributed by atoms with Crippen molar-refractivity contribution in [2.24, 2.45) is 0 Å². The molecule has 0 bridgehead atoms. The maximum absolute atomic E-state index is 12.8. The van der Waals surface area contributed by atoms with E-state index < -0.39 is 0 Å². The molecule has 0 aromatic heterocycles. The average molecular weight is 912 g/mol. The van der Waals surface area contributed by atoms with Crippen molar-refractivity contribution in [2.75, 3.05) is 26.4 Å². The summed E-state index contributed by atoms with van der Waals surface area (Å²) < 4.78 is 0. The fourth-order valence-electron chi connectivity index (χ4n) is 8.30. The molecule has 380 valence electrons. The SMILES string of the molecule is CCCCCCCCC=CCCCCCCCC(=O)NCCN(CNC(=O)CCCCCCCC=CCCCCCCCC)CNC(=O)CCCCCCCC=CCCCCCCCC. The molecule has 0 fully saturated rings. The third-order valence-corrected chi connectivity index (χ3v) is 12.7. The Morgan fingerprint density at radius 2 is 0.538 bits per heavy atom. The molecule has 0 spiro atoms. The van der Waals surface area contributed by atoms with Crippen LogP contribution >= 0.6 is 0 Å². The number of carbonyl (C=O) groups is 3. The van der Waals surface area contributed by atoms with E-state index in [1.807, 2.05) is 4.90 Å². The zero-order valence-corrected chi connectivity index (χ0v) is 43.7. The standard InChI is InChI=1S/C58H110N4O3/c1-4-7-10-13-16-19-22-25-28-31-34-37-40-43-46-49-56(63)59-52-53-62(54-60-57(64)50-47-44-41-38-35-32-29-26-23-20-17-14-11-8-5-2)55-61-58(65)51-48-45-42-39-36-33-30-27-24-21-18-15-12-9-6-3/h25-30H,4-24,31-55H2,1-3H3,(H,59,63)(H,60,64)(H,61,65). The van der Waals surface area contributed by atoms with Crippen LogP contribution in [0.4, 0.5) is 0 Å². The summed E-state index contributed by atoms with van der Waals surface area (Å²) in [5.41, 5.74) is 0. The Kier molecular flexibility index (Phi) is 52.2. The quantitative estimate of drug-likeness (QED) is 0.0322. The lowest BCUT2D eigenvalue weighted by Crippen LogP contribution is -2.46. The molecule has 0 radical (unpaired) electrons. The number of nitrogens with zero attached hydrogens (tertiary/aromatic N) is 1. The van der Waals surface area contributed by atoms with Gasteiger partial charge in [0.25, 0.3) is 0 Å². The summed E-state index contributed by atoms with van der Waals surface area (Å²) in [6.07, 6.45) is 64.2. The third-order valence-electron chi connectivity index (χ3n) is 12.7. The molecule has 0 rings (SSSR count). The van der Waals surface area contributed by atoms with Gasteiger partial charge in [0.1, 0.15) is 0 Å². The number of allylic oxidation sites excluding steroid dienone is 6. The number of hydrogen-bond donors (Lipinski definition) is 3. The highest BCUT2D eigenvalue weighted by Gasteiger charge is 2.11. The van der Waals surface area contributed by atoms with Crippen molar-refractivity contribution in [1.29, 1.82) is 0 Å². The number of hydrogen-bond acceptors (Lipinski definition) is 4. The van der Waals surface area contributed by atoms with Crippen LogP contribution in [0.1, 0.15) is 290 Å². The van der Waals surface area contributed by atoms with Gasteiger partial charge in [-0.1, -0.05) is 211 Å². The fraction of sp³-hybridized carbons (Fsp3) is 0.845. The van der Waals surface area contributed by atoms with Crippen LogP contribution in [0.5, 0.6) is 0 Å². The first-order valence-corrected chi connectivity index (χ1v) is 28.5. The molecule has 65 heavy (non-hydrogen) atoms. The topological polar surface area (TPSA) is 90.5 Å². The van der Waals surface area contributed by atoms with Gasteiger partial charge in [0.05, 0.1) is 13.3 Å². The molecule has 3 amide bonds. The molecule has 3 N–H and O–H groups in total. The molecular weight excluding hydrogens is 801 g/mol. The molecule has 0 unspecified atom stereocenters. The van der Waals surface area contributed by atoms with Crippen molar-refractivity contribution >= 4 is 17.7 Å². The van der Waals surface area contributed by atoms with Crippen LogP contribution in [0.15, 0.2) is 36.5 Å². The second-order valence-electron chi connectivity index (χ2n) is 19.3. The summed E-state index contributed by atoms with van der Waals surface area (Å²) in [5.74, 6) is 0.199. The van der Waals surface area contributed by atoms with Gasteiger partial charge in [-0.05, 0) is 96.3 Å². The number of carbonyl (C=O) groups excluding carboxylic acids is 3. The van der Waals surface area contributed by atoms with Crippen LogP contribution in [0.2, 0.25) is 0 Å². The summed E-state index contributed by atoms with van der Waals surface area (Å²) in [7, 11) is 0. The Morgan fingerprint density at radius 1 is 0.308 bits per heavy atom. The van der Waals surface area contributed by atoms with Crippen molar-refractivity contribution < 1.29 is 14.4 Å². The second-order valence-corrected chi connectivity index (χ2v) is 19.3. The van der Waals surface area contributed by atoms with Gasteiger partial charge >= 0.3 is 0 Å². The average Bonchev–Trinajstić information content (AvgIpc) is 3.30. The number of unbranched alkanes of at least 4 members (excludes halogenated alkanes) is 33. The molecule has 0 aromatic carbocycles. The summed E-state index contributed by atoms with van der Waals surface area (Å²) in [6.45, 7) is 8.60. The highest BCUT2D eigenvalue weighted by atomic mass is 16.2. The van der Waals surface area contributed by atoms with Crippen LogP contribution in [0.3, 0.4) is 0 Å². The van der Waals surface area contributed by atoms with Gasteiger partial charge in [0.15, 0.2) is 0 Å². The van der Waals surface area contributed by atoms with E-state index in [1.54, 1.807) is 0 Å². The molecule has 0 heterocycles. The summed E-state index contributed by atoms with van der Waals surface area (Å²) in [4.78, 5) is 40.2. The zero-order chi connectivity index (χ0) is 47.2. The summed E-state index contributed by atoms with van der Waals surface area (Å²) in [5, 5.41) is 9.25. The molecular formula is C58H110N4O3. The van der Waals surface area contributed by atoms with Crippen LogP contribution in [-0.2, 0) is 14.4 Å². The van der Waals surface area contributed by atoms with Gasteiger partial charge < -0.3 is 16.0 Å². The Labute approximate surface area is 404 Å². The summed E-state index contributed by atoms with van der Waals surface area (Å²) >= 11 is 0. The zero-order valence-electron chi connectivity index (χ0n) is 43.7. The number of rotatable bonds is 52. The minimum absolute atomic E-state index is 0.0560. The summed E-state index contributed by atoms with van der Waals surface area (Å²) in [6, 6.07) is 0. The van der Waals surface area contributed by atoms with E-state index in [-0.39, 0.29) is 17.7 Å². The van der Waals surface area contributed by atoms with E-state index in [0.29, 0.717) is 45.7 Å².